The summed E-state index contributed by atoms with van der Waals surface area (Å²) in [6, 6.07) is 6.06. The molecule has 4 aliphatic rings. The lowest BCUT2D eigenvalue weighted by atomic mass is 9.80. The number of phenols is 1. The molecule has 42 heavy (non-hydrogen) atoms. The van der Waals surface area contributed by atoms with Crippen molar-refractivity contribution < 1.29 is 59.2 Å². The summed E-state index contributed by atoms with van der Waals surface area (Å²) in [6.07, 6.45) is -9.98. The molecule has 3 fully saturated rings. The van der Waals surface area contributed by atoms with Crippen molar-refractivity contribution >= 4 is 11.9 Å². The maximum atomic E-state index is 13.0. The first kappa shape index (κ1) is 30.2. The predicted octanol–water partition coefficient (Wildman–Crippen LogP) is -0.00830. The number of aromatic hydroxyl groups is 1. The number of aliphatic hydroxyl groups is 5. The zero-order valence-electron chi connectivity index (χ0n) is 23.0. The molecule has 6 N–H and O–H groups in total. The highest BCUT2D eigenvalue weighted by Crippen LogP contribution is 2.53. The normalized spacial score (nSPS) is 37.0. The van der Waals surface area contributed by atoms with Crippen molar-refractivity contribution in [1.82, 2.24) is 0 Å². The van der Waals surface area contributed by atoms with Crippen molar-refractivity contribution in [3.8, 4) is 5.75 Å². The Morgan fingerprint density at radius 3 is 2.43 bits per heavy atom. The number of benzene rings is 1. The van der Waals surface area contributed by atoms with Gasteiger partial charge in [-0.1, -0.05) is 30.9 Å². The number of carbonyl (C=O) groups excluding carboxylic acids is 2. The van der Waals surface area contributed by atoms with Crippen molar-refractivity contribution in [2.45, 2.75) is 75.2 Å². The molecular formula is C30H36O12. The van der Waals surface area contributed by atoms with Crippen LogP contribution in [0.5, 0.6) is 5.75 Å². The van der Waals surface area contributed by atoms with Crippen LogP contribution in [0.15, 0.2) is 59.9 Å². The minimum Gasteiger partial charge on any atom is -0.508 e. The second-order valence-electron chi connectivity index (χ2n) is 11.4. The summed E-state index contributed by atoms with van der Waals surface area (Å²) < 4.78 is 23.0. The quantitative estimate of drug-likeness (QED) is 0.142. The molecule has 12 nitrogen and oxygen atoms in total. The second-order valence-corrected chi connectivity index (χ2v) is 11.4. The van der Waals surface area contributed by atoms with E-state index in [2.05, 4.69) is 13.2 Å². The van der Waals surface area contributed by atoms with Gasteiger partial charge in [0.25, 0.3) is 0 Å². The zero-order valence-corrected chi connectivity index (χ0v) is 23.0. The molecule has 11 atom stereocenters. The second kappa shape index (κ2) is 11.8. The van der Waals surface area contributed by atoms with Crippen LogP contribution in [-0.4, -0.2) is 98.2 Å². The van der Waals surface area contributed by atoms with Gasteiger partial charge in [0, 0.05) is 30.8 Å². The number of ether oxygens (including phenoxy) is 4. The molecule has 2 saturated heterocycles. The van der Waals surface area contributed by atoms with Crippen LogP contribution in [0.1, 0.15) is 25.3 Å². The topological polar surface area (TPSA) is 192 Å². The first-order valence-corrected chi connectivity index (χ1v) is 13.8. The first-order valence-electron chi connectivity index (χ1n) is 13.8. The molecule has 0 spiro atoms. The van der Waals surface area contributed by atoms with Gasteiger partial charge in [-0.15, -0.1) is 0 Å². The maximum Gasteiger partial charge on any atom is 0.335 e. The molecule has 1 saturated carbocycles. The third kappa shape index (κ3) is 5.46. The lowest BCUT2D eigenvalue weighted by molar-refractivity contribution is -0.292. The van der Waals surface area contributed by atoms with Gasteiger partial charge in [-0.2, -0.15) is 0 Å². The number of hydrogen-bond acceptors (Lipinski definition) is 12. The Labute approximate surface area is 242 Å². The molecular weight excluding hydrogens is 552 g/mol. The lowest BCUT2D eigenvalue weighted by Crippen LogP contribution is -2.59. The Bertz CT molecular complexity index is 1270. The van der Waals surface area contributed by atoms with Gasteiger partial charge in [0.15, 0.2) is 6.10 Å². The van der Waals surface area contributed by atoms with Crippen molar-refractivity contribution in [2.24, 2.45) is 17.8 Å². The smallest absolute Gasteiger partial charge is 0.335 e. The Hall–Kier alpha value is -3.26. The molecule has 11 unspecified atom stereocenters. The van der Waals surface area contributed by atoms with Crippen LogP contribution in [0.25, 0.3) is 0 Å². The van der Waals surface area contributed by atoms with Gasteiger partial charge in [-0.3, -0.25) is 0 Å². The highest BCUT2D eigenvalue weighted by molar-refractivity contribution is 5.91. The van der Waals surface area contributed by atoms with Gasteiger partial charge in [-0.25, -0.2) is 9.59 Å². The predicted molar refractivity (Wildman–Crippen MR) is 143 cm³/mol. The molecule has 12 heteroatoms. The van der Waals surface area contributed by atoms with E-state index in [9.17, 15) is 40.2 Å². The first-order chi connectivity index (χ1) is 19.9. The van der Waals surface area contributed by atoms with Gasteiger partial charge < -0.3 is 49.6 Å². The van der Waals surface area contributed by atoms with E-state index in [1.807, 2.05) is 0 Å². The molecule has 0 aromatic heterocycles. The average Bonchev–Trinajstić information content (AvgIpc) is 3.40. The van der Waals surface area contributed by atoms with Crippen LogP contribution < -0.4 is 0 Å². The van der Waals surface area contributed by atoms with Crippen molar-refractivity contribution in [1.29, 1.82) is 0 Å². The summed E-state index contributed by atoms with van der Waals surface area (Å²) in [5.74, 6) is -2.49. The SMILES string of the molecule is C=C1CC(OC(=O)C(O)Cc2ccc(O)cc2)C2C(=C)C(=O)OC2C2C(C)=C(OC3OC(CO)C(O)C(O)C3O)CC12. The summed E-state index contributed by atoms with van der Waals surface area (Å²) in [7, 11) is 0. The minimum absolute atomic E-state index is 0.0387. The Balaban J connectivity index is 1.35. The number of allylic oxidation sites excluding steroid dienone is 1. The number of carbonyl (C=O) groups is 2. The van der Waals surface area contributed by atoms with Gasteiger partial charge in [0.2, 0.25) is 6.29 Å². The van der Waals surface area contributed by atoms with E-state index in [0.29, 0.717) is 22.5 Å². The van der Waals surface area contributed by atoms with Crippen molar-refractivity contribution in [3.05, 3.63) is 65.5 Å². The van der Waals surface area contributed by atoms with Crippen LogP contribution >= 0.6 is 0 Å². The number of fused-ring (bicyclic) bond motifs is 3. The van der Waals surface area contributed by atoms with Crippen molar-refractivity contribution in [3.63, 3.8) is 0 Å². The number of phenolic OH excluding ortho intramolecular Hbond substituents is 1. The largest absolute Gasteiger partial charge is 0.508 e. The van der Waals surface area contributed by atoms with Gasteiger partial charge in [-0.05, 0) is 36.1 Å². The molecule has 5 rings (SSSR count). The lowest BCUT2D eigenvalue weighted by Gasteiger charge is -2.40. The monoisotopic (exact) mass is 588 g/mol. The molecule has 228 valence electrons. The maximum absolute atomic E-state index is 13.0. The van der Waals surface area contributed by atoms with Gasteiger partial charge in [0.05, 0.1) is 18.3 Å². The van der Waals surface area contributed by atoms with E-state index >= 15 is 0 Å². The van der Waals surface area contributed by atoms with Crippen molar-refractivity contribution in [2.75, 3.05) is 6.61 Å². The number of esters is 2. The van der Waals surface area contributed by atoms with E-state index in [0.717, 1.165) is 0 Å². The molecule has 2 aliphatic carbocycles. The fraction of sp³-hybridized carbons (Fsp3) is 0.533. The third-order valence-electron chi connectivity index (χ3n) is 8.79. The van der Waals surface area contributed by atoms with Gasteiger partial charge >= 0.3 is 11.9 Å². The molecule has 2 aliphatic heterocycles. The number of aliphatic hydroxyl groups excluding tert-OH is 5. The van der Waals surface area contributed by atoms with Crippen LogP contribution in [-0.2, 0) is 35.0 Å². The minimum atomic E-state index is -1.60. The van der Waals surface area contributed by atoms with Crippen LogP contribution in [0, 0.1) is 17.8 Å². The Morgan fingerprint density at radius 1 is 1.07 bits per heavy atom. The highest BCUT2D eigenvalue weighted by Gasteiger charge is 2.56. The van der Waals surface area contributed by atoms with E-state index < -0.39 is 79.4 Å². The van der Waals surface area contributed by atoms with Gasteiger partial charge in [0.1, 0.15) is 42.4 Å². The molecule has 1 aromatic carbocycles. The third-order valence-corrected chi connectivity index (χ3v) is 8.79. The van der Waals surface area contributed by atoms with Crippen LogP contribution in [0.2, 0.25) is 0 Å². The molecule has 2 heterocycles. The van der Waals surface area contributed by atoms with E-state index in [4.69, 9.17) is 18.9 Å². The fourth-order valence-electron chi connectivity index (χ4n) is 6.45. The summed E-state index contributed by atoms with van der Waals surface area (Å²) in [5, 5.41) is 60.3. The summed E-state index contributed by atoms with van der Waals surface area (Å²) >= 11 is 0. The van der Waals surface area contributed by atoms with Crippen LogP contribution in [0.3, 0.4) is 0 Å². The number of rotatable bonds is 7. The highest BCUT2D eigenvalue weighted by atomic mass is 16.7. The Kier molecular flexibility index (Phi) is 8.48. The standard InChI is InChI=1S/C30H36O12/c1-12-8-20(39-29(38)18(33)9-15-4-6-16(32)7-5-15)23-14(3)28(37)42-27(23)22-13(2)19(10-17(12)22)40-30-26(36)25(35)24(34)21(11-31)41-30/h4-7,17-18,20-27,30-36H,1,3,8-11H2,2H3. The molecule has 0 bridgehead atoms. The van der Waals surface area contributed by atoms with Crippen LogP contribution in [0.4, 0.5) is 0 Å². The summed E-state index contributed by atoms with van der Waals surface area (Å²) in [5.41, 5.74) is 2.12. The summed E-state index contributed by atoms with van der Waals surface area (Å²) in [6.45, 7) is 9.30. The molecule has 1 aromatic rings. The average molecular weight is 589 g/mol. The Morgan fingerprint density at radius 2 is 1.76 bits per heavy atom. The van der Waals surface area contributed by atoms with E-state index in [-0.39, 0.29) is 36.5 Å². The number of hydrogen-bond donors (Lipinski definition) is 6. The molecule has 0 radical (unpaired) electrons. The molecule has 0 amide bonds. The zero-order chi connectivity index (χ0) is 30.5. The van der Waals surface area contributed by atoms with E-state index in [1.165, 1.54) is 12.1 Å². The van der Waals surface area contributed by atoms with E-state index in [1.54, 1.807) is 19.1 Å². The fourth-order valence-corrected chi connectivity index (χ4v) is 6.45. The summed E-state index contributed by atoms with van der Waals surface area (Å²) in [4.78, 5) is 25.7.